The van der Waals surface area contributed by atoms with E-state index in [2.05, 4.69) is 11.8 Å². The topological polar surface area (TPSA) is 101 Å². The first kappa shape index (κ1) is 16.4. The Balaban J connectivity index is 3.00. The van der Waals surface area contributed by atoms with E-state index < -0.39 is 30.8 Å². The highest BCUT2D eigenvalue weighted by molar-refractivity contribution is 8.08. The molecule has 1 rings (SSSR count). The standard InChI is InChI=1S/C11H12FNO5S2/c1-19(15,16)8-20(17,18)13-11-5-4-9(3-2-6-14)7-10(11)12/h4-5,7,13-14H,6,8H2,1H3. The lowest BCUT2D eigenvalue weighted by Gasteiger charge is -2.08. The number of halogens is 1. The van der Waals surface area contributed by atoms with Crippen LogP contribution in [0, 0.1) is 17.7 Å². The van der Waals surface area contributed by atoms with E-state index >= 15 is 0 Å². The summed E-state index contributed by atoms with van der Waals surface area (Å²) < 4.78 is 60.4. The fraction of sp³-hybridized carbons (Fsp3) is 0.273. The smallest absolute Gasteiger partial charge is 0.247 e. The van der Waals surface area contributed by atoms with Gasteiger partial charge in [0.1, 0.15) is 12.4 Å². The van der Waals surface area contributed by atoms with Gasteiger partial charge in [-0.3, -0.25) is 4.72 Å². The summed E-state index contributed by atoms with van der Waals surface area (Å²) in [6.45, 7) is -0.385. The van der Waals surface area contributed by atoms with E-state index in [0.717, 1.165) is 18.4 Å². The summed E-state index contributed by atoms with van der Waals surface area (Å²) in [6, 6.07) is 3.43. The van der Waals surface area contributed by atoms with Crippen molar-refractivity contribution in [2.45, 2.75) is 0 Å². The maximum absolute atomic E-state index is 13.6. The summed E-state index contributed by atoms with van der Waals surface area (Å²) in [5, 5.41) is 7.36. The minimum Gasteiger partial charge on any atom is -0.384 e. The van der Waals surface area contributed by atoms with Gasteiger partial charge in [0.2, 0.25) is 10.0 Å². The molecule has 0 saturated heterocycles. The van der Waals surface area contributed by atoms with Crippen molar-refractivity contribution in [1.82, 2.24) is 0 Å². The Bertz CT molecular complexity index is 760. The predicted octanol–water partition coefficient (Wildman–Crippen LogP) is -0.0867. The SMILES string of the molecule is CS(=O)(=O)CS(=O)(=O)Nc1ccc(C#CCO)cc1F. The first-order chi connectivity index (χ1) is 9.13. The molecule has 0 aliphatic heterocycles. The van der Waals surface area contributed by atoms with Gasteiger partial charge in [0.15, 0.2) is 14.9 Å². The van der Waals surface area contributed by atoms with Gasteiger partial charge in [-0.1, -0.05) is 11.8 Å². The van der Waals surface area contributed by atoms with E-state index in [1.54, 1.807) is 0 Å². The van der Waals surface area contributed by atoms with Crippen LogP contribution in [0.3, 0.4) is 0 Å². The van der Waals surface area contributed by atoms with Crippen LogP contribution >= 0.6 is 0 Å². The van der Waals surface area contributed by atoms with E-state index in [9.17, 15) is 21.2 Å². The number of sulfone groups is 1. The Hall–Kier alpha value is -1.63. The maximum atomic E-state index is 13.6. The number of hydrogen-bond acceptors (Lipinski definition) is 5. The van der Waals surface area contributed by atoms with E-state index in [4.69, 9.17) is 5.11 Å². The summed E-state index contributed by atoms with van der Waals surface area (Å²) in [7, 11) is -7.96. The third-order valence-corrected chi connectivity index (χ3v) is 5.40. The van der Waals surface area contributed by atoms with Crippen LogP contribution < -0.4 is 4.72 Å². The number of benzene rings is 1. The molecule has 0 aromatic heterocycles. The summed E-state index contributed by atoms with van der Waals surface area (Å²) in [4.78, 5) is 0. The second-order valence-corrected chi connectivity index (χ2v) is 8.14. The predicted molar refractivity (Wildman–Crippen MR) is 72.6 cm³/mol. The summed E-state index contributed by atoms with van der Waals surface area (Å²) in [5.74, 6) is 3.87. The van der Waals surface area contributed by atoms with Crippen molar-refractivity contribution in [2.75, 3.05) is 22.7 Å². The first-order valence-electron chi connectivity index (χ1n) is 5.20. The zero-order valence-electron chi connectivity index (χ0n) is 10.4. The molecule has 0 saturated carbocycles. The average Bonchev–Trinajstić information content (AvgIpc) is 2.26. The van der Waals surface area contributed by atoms with Gasteiger partial charge in [-0.15, -0.1) is 0 Å². The number of rotatable bonds is 4. The molecule has 110 valence electrons. The monoisotopic (exact) mass is 321 g/mol. The normalized spacial score (nSPS) is 11.6. The van der Waals surface area contributed by atoms with Gasteiger partial charge in [-0.25, -0.2) is 21.2 Å². The number of hydrogen-bond donors (Lipinski definition) is 2. The van der Waals surface area contributed by atoms with E-state index in [1.165, 1.54) is 6.07 Å². The highest BCUT2D eigenvalue weighted by Gasteiger charge is 2.19. The van der Waals surface area contributed by atoms with Gasteiger partial charge in [-0.05, 0) is 18.2 Å². The number of aliphatic hydroxyl groups is 1. The molecule has 0 spiro atoms. The van der Waals surface area contributed by atoms with Crippen molar-refractivity contribution in [2.24, 2.45) is 0 Å². The zero-order chi connectivity index (χ0) is 15.4. The highest BCUT2D eigenvalue weighted by Crippen LogP contribution is 2.17. The largest absolute Gasteiger partial charge is 0.384 e. The molecule has 6 nitrogen and oxygen atoms in total. The van der Waals surface area contributed by atoms with Crippen molar-refractivity contribution in [3.63, 3.8) is 0 Å². The molecule has 0 atom stereocenters. The molecule has 0 aliphatic carbocycles. The summed E-state index contributed by atoms with van der Waals surface area (Å²) >= 11 is 0. The second kappa shape index (κ2) is 6.21. The lowest BCUT2D eigenvalue weighted by atomic mass is 10.2. The van der Waals surface area contributed by atoms with Crippen molar-refractivity contribution in [3.05, 3.63) is 29.6 Å². The molecule has 0 bridgehead atoms. The lowest BCUT2D eigenvalue weighted by molar-refractivity contribution is 0.350. The van der Waals surface area contributed by atoms with Gasteiger partial charge in [-0.2, -0.15) is 0 Å². The maximum Gasteiger partial charge on any atom is 0.247 e. The fourth-order valence-corrected chi connectivity index (χ4v) is 4.29. The second-order valence-electron chi connectivity index (χ2n) is 3.91. The molecule has 0 unspecified atom stereocenters. The van der Waals surface area contributed by atoms with Gasteiger partial charge in [0, 0.05) is 11.8 Å². The van der Waals surface area contributed by atoms with Crippen LogP contribution in [0.1, 0.15) is 5.56 Å². The van der Waals surface area contributed by atoms with Gasteiger partial charge >= 0.3 is 0 Å². The molecule has 2 N–H and O–H groups in total. The third kappa shape index (κ3) is 5.56. The Kier molecular flexibility index (Phi) is 5.10. The Labute approximate surface area is 116 Å². The molecular weight excluding hydrogens is 309 g/mol. The van der Waals surface area contributed by atoms with Crippen LogP contribution in [0.5, 0.6) is 0 Å². The van der Waals surface area contributed by atoms with Crippen LogP contribution in [0.15, 0.2) is 18.2 Å². The number of sulfonamides is 1. The van der Waals surface area contributed by atoms with Gasteiger partial charge in [0.25, 0.3) is 0 Å². The highest BCUT2D eigenvalue weighted by atomic mass is 32.3. The molecule has 0 heterocycles. The molecular formula is C11H12FNO5S2. The third-order valence-electron chi connectivity index (χ3n) is 1.92. The summed E-state index contributed by atoms with van der Waals surface area (Å²) in [6.07, 6.45) is 0.760. The minimum atomic E-state index is -4.20. The molecule has 1 aromatic rings. The molecule has 9 heteroatoms. The van der Waals surface area contributed by atoms with Crippen LogP contribution in [-0.4, -0.2) is 39.9 Å². The quantitative estimate of drug-likeness (QED) is 0.755. The van der Waals surface area contributed by atoms with Crippen molar-refractivity contribution >= 4 is 25.5 Å². The van der Waals surface area contributed by atoms with Gasteiger partial charge < -0.3 is 5.11 Å². The van der Waals surface area contributed by atoms with E-state index in [0.29, 0.717) is 0 Å². The number of anilines is 1. The van der Waals surface area contributed by atoms with Crippen molar-refractivity contribution in [3.8, 4) is 11.8 Å². The van der Waals surface area contributed by atoms with Crippen LogP contribution in [0.2, 0.25) is 0 Å². The molecule has 0 amide bonds. The van der Waals surface area contributed by atoms with Crippen molar-refractivity contribution < 1.29 is 26.3 Å². The lowest BCUT2D eigenvalue weighted by Crippen LogP contribution is -2.22. The average molecular weight is 321 g/mol. The van der Waals surface area contributed by atoms with E-state index in [-0.39, 0.29) is 17.9 Å². The first-order valence-corrected chi connectivity index (χ1v) is 8.92. The van der Waals surface area contributed by atoms with E-state index in [1.807, 2.05) is 4.72 Å². The van der Waals surface area contributed by atoms with Crippen LogP contribution in [0.4, 0.5) is 10.1 Å². The molecule has 0 radical (unpaired) electrons. The summed E-state index contributed by atoms with van der Waals surface area (Å²) in [5.41, 5.74) is -0.120. The molecule has 20 heavy (non-hydrogen) atoms. The Morgan fingerprint density at radius 1 is 1.30 bits per heavy atom. The molecule has 0 fully saturated rings. The Morgan fingerprint density at radius 2 is 1.95 bits per heavy atom. The van der Waals surface area contributed by atoms with Crippen LogP contribution in [0.25, 0.3) is 0 Å². The Morgan fingerprint density at radius 3 is 2.45 bits per heavy atom. The molecule has 1 aromatic carbocycles. The van der Waals surface area contributed by atoms with Gasteiger partial charge in [0.05, 0.1) is 5.69 Å². The van der Waals surface area contributed by atoms with Crippen molar-refractivity contribution in [1.29, 1.82) is 0 Å². The fourth-order valence-electron chi connectivity index (χ4n) is 1.30. The molecule has 0 aliphatic rings. The number of nitrogens with one attached hydrogen (secondary N) is 1. The number of aliphatic hydroxyl groups excluding tert-OH is 1. The zero-order valence-corrected chi connectivity index (χ0v) is 12.1. The van der Waals surface area contributed by atoms with Crippen LogP contribution in [-0.2, 0) is 19.9 Å². The minimum absolute atomic E-state index is 0.252.